The normalized spacial score (nSPS) is 16.9. The van der Waals surface area contributed by atoms with E-state index in [-0.39, 0.29) is 81.6 Å². The molecule has 0 aliphatic carbocycles. The van der Waals surface area contributed by atoms with Gasteiger partial charge >= 0.3 is 5.97 Å². The Hall–Kier alpha value is -5.97. The Balaban J connectivity index is 0.878. The Kier molecular flexibility index (Phi) is 18.3. The molecule has 0 bridgehead atoms. The molecule has 20 nitrogen and oxygen atoms in total. The van der Waals surface area contributed by atoms with Gasteiger partial charge in [0.15, 0.2) is 5.60 Å². The molecule has 0 radical (unpaired) electrons. The number of aryl methyl sites for hydroxylation is 2. The van der Waals surface area contributed by atoms with Crippen molar-refractivity contribution in [2.75, 3.05) is 72.7 Å². The van der Waals surface area contributed by atoms with Crippen molar-refractivity contribution in [3.05, 3.63) is 74.3 Å². The van der Waals surface area contributed by atoms with Gasteiger partial charge in [-0.2, -0.15) is 0 Å². The predicted octanol–water partition coefficient (Wildman–Crippen LogP) is 1.58. The Bertz CT molecular complexity index is 2490. The molecule has 374 valence electrons. The summed E-state index contributed by atoms with van der Waals surface area (Å²) in [6.45, 7) is 10.3. The minimum absolute atomic E-state index is 0.00442. The molecule has 4 N–H and O–H groups in total. The van der Waals surface area contributed by atoms with E-state index in [2.05, 4.69) is 16.0 Å². The van der Waals surface area contributed by atoms with E-state index in [0.717, 1.165) is 16.0 Å². The third-order valence-corrected chi connectivity index (χ3v) is 12.1. The summed E-state index contributed by atoms with van der Waals surface area (Å²) in [5.74, 6) is -3.80. The fourth-order valence-corrected chi connectivity index (χ4v) is 8.20. The highest BCUT2D eigenvalue weighted by Crippen LogP contribution is 2.41. The highest BCUT2D eigenvalue weighted by Gasteiger charge is 2.45. The average Bonchev–Trinajstić information content (AvgIpc) is 3.85. The number of carbonyl (C=O) groups is 6. The first-order valence-electron chi connectivity index (χ1n) is 23.1. The smallest absolute Gasteiger partial charge is 0.343 e. The minimum Gasteiger partial charge on any atom is -0.458 e. The fraction of sp³-hybridized carbons (Fsp3) is 0.542. The highest BCUT2D eigenvalue weighted by molar-refractivity contribution is 6.12. The summed E-state index contributed by atoms with van der Waals surface area (Å²) in [5.41, 5.74) is 1.25. The van der Waals surface area contributed by atoms with Crippen LogP contribution in [0.3, 0.4) is 0 Å². The molecule has 1 aromatic carbocycles. The van der Waals surface area contributed by atoms with Crippen LogP contribution in [0.15, 0.2) is 35.1 Å². The summed E-state index contributed by atoms with van der Waals surface area (Å²) in [6.07, 6.45) is 3.93. The summed E-state index contributed by atoms with van der Waals surface area (Å²) in [7, 11) is 0. The lowest BCUT2D eigenvalue weighted by atomic mass is 9.86. The van der Waals surface area contributed by atoms with Crippen LogP contribution in [0.2, 0.25) is 0 Å². The first kappa shape index (κ1) is 52.4. The number of imide groups is 1. The van der Waals surface area contributed by atoms with Crippen molar-refractivity contribution >= 4 is 46.4 Å². The third-order valence-electron chi connectivity index (χ3n) is 12.1. The van der Waals surface area contributed by atoms with Gasteiger partial charge in [-0.05, 0) is 68.7 Å². The van der Waals surface area contributed by atoms with E-state index in [1.165, 1.54) is 29.7 Å². The van der Waals surface area contributed by atoms with E-state index in [1.807, 2.05) is 0 Å². The van der Waals surface area contributed by atoms with Crippen LogP contribution in [-0.4, -0.2) is 140 Å². The molecule has 6 rings (SSSR count). The van der Waals surface area contributed by atoms with Crippen LogP contribution in [-0.2, 0) is 82.4 Å². The number of nitrogens with zero attached hydrogens (tertiary/aromatic N) is 3. The van der Waals surface area contributed by atoms with E-state index in [0.29, 0.717) is 86.7 Å². The van der Waals surface area contributed by atoms with Crippen LogP contribution in [0.5, 0.6) is 0 Å². The maximum atomic E-state index is 14.9. The molecule has 3 aromatic rings. The summed E-state index contributed by atoms with van der Waals surface area (Å²) < 4.78 is 49.1. The second-order valence-corrected chi connectivity index (χ2v) is 17.3. The van der Waals surface area contributed by atoms with Crippen molar-refractivity contribution < 1.29 is 66.7 Å². The summed E-state index contributed by atoms with van der Waals surface area (Å²) >= 11 is 0. The SMILES string of the molecule is CC[C@@]1(O)C(=O)OCc2c1cc1n(c2=O)Cc2c-1nc1cc(F)c(C)cc1c2CCCOCNC(=O)[C@H](C)NC(=O)[C@@H](NC(=O)COCCOCCOCCOCCCN1C(=O)C=CC1=O)C(C)C. The number of carbonyl (C=O) groups excluding carboxylic acids is 6. The Morgan fingerprint density at radius 3 is 2.17 bits per heavy atom. The van der Waals surface area contributed by atoms with Gasteiger partial charge in [0.1, 0.15) is 37.8 Å². The number of amides is 5. The number of fused-ring (bicyclic) bond motifs is 5. The van der Waals surface area contributed by atoms with E-state index in [1.54, 1.807) is 39.8 Å². The Labute approximate surface area is 398 Å². The van der Waals surface area contributed by atoms with Gasteiger partial charge in [0.05, 0.1) is 68.7 Å². The average molecular weight is 965 g/mol. The number of ether oxygens (including phenoxy) is 6. The molecule has 5 heterocycles. The number of benzene rings is 1. The van der Waals surface area contributed by atoms with E-state index >= 15 is 0 Å². The molecule has 0 saturated carbocycles. The number of halogens is 1. The maximum absolute atomic E-state index is 14.9. The molecule has 0 unspecified atom stereocenters. The number of pyridine rings is 2. The van der Waals surface area contributed by atoms with E-state index in [4.69, 9.17) is 33.4 Å². The largest absolute Gasteiger partial charge is 0.458 e. The first-order chi connectivity index (χ1) is 33.0. The van der Waals surface area contributed by atoms with Crippen molar-refractivity contribution in [3.8, 4) is 11.4 Å². The molecular weight excluding hydrogens is 904 g/mol. The number of hydrogen-bond donors (Lipinski definition) is 4. The van der Waals surface area contributed by atoms with Crippen LogP contribution in [0.1, 0.15) is 74.8 Å². The van der Waals surface area contributed by atoms with Crippen LogP contribution in [0, 0.1) is 18.7 Å². The monoisotopic (exact) mass is 964 g/mol. The summed E-state index contributed by atoms with van der Waals surface area (Å²) in [6, 6.07) is 2.78. The van der Waals surface area contributed by atoms with Gasteiger partial charge in [-0.1, -0.05) is 20.8 Å². The van der Waals surface area contributed by atoms with Crippen molar-refractivity contribution in [1.82, 2.24) is 30.4 Å². The number of rotatable bonds is 27. The van der Waals surface area contributed by atoms with Crippen LogP contribution >= 0.6 is 0 Å². The van der Waals surface area contributed by atoms with Crippen molar-refractivity contribution in [2.24, 2.45) is 5.92 Å². The van der Waals surface area contributed by atoms with Crippen molar-refractivity contribution in [3.63, 3.8) is 0 Å². The lowest BCUT2D eigenvalue weighted by Crippen LogP contribution is -2.55. The molecule has 0 fully saturated rings. The standard InChI is InChI=1S/C48H61FN6O14/c1-6-48(63)35-22-38-43-33(24-55(38)46(61)34(35)25-69-47(48)62)31(32-21-29(4)36(49)23-37(32)52-43)9-7-13-68-27-50-44(59)30(5)51-45(60)42(28(2)3)53-39(56)26-67-20-19-66-18-17-65-16-15-64-14-8-12-54-40(57)10-11-41(54)58/h10-11,21-23,28,30,42,63H,6-9,12-20,24-27H2,1-5H3,(H,50,59)(H,51,60)(H,53,56)/t30-,42-,48-/m0/s1. The Morgan fingerprint density at radius 1 is 0.855 bits per heavy atom. The van der Waals surface area contributed by atoms with Gasteiger partial charge in [0.25, 0.3) is 17.4 Å². The number of aromatic nitrogens is 2. The van der Waals surface area contributed by atoms with Crippen LogP contribution in [0.25, 0.3) is 22.3 Å². The number of cyclic esters (lactones) is 1. The van der Waals surface area contributed by atoms with Gasteiger partial charge in [-0.15, -0.1) is 0 Å². The van der Waals surface area contributed by atoms with E-state index in [9.17, 15) is 43.1 Å². The predicted molar refractivity (Wildman–Crippen MR) is 245 cm³/mol. The quantitative estimate of drug-likeness (QED) is 0.0287. The number of aliphatic hydroxyl groups is 1. The van der Waals surface area contributed by atoms with Gasteiger partial charge in [-0.25, -0.2) is 14.2 Å². The third kappa shape index (κ3) is 12.6. The zero-order chi connectivity index (χ0) is 49.8. The molecule has 0 saturated heterocycles. The molecule has 3 aliphatic rings. The van der Waals surface area contributed by atoms with E-state index < -0.39 is 52.8 Å². The van der Waals surface area contributed by atoms with Gasteiger partial charge < -0.3 is 54.0 Å². The summed E-state index contributed by atoms with van der Waals surface area (Å²) in [4.78, 5) is 94.1. The lowest BCUT2D eigenvalue weighted by molar-refractivity contribution is -0.172. The molecule has 2 aromatic heterocycles. The zero-order valence-corrected chi connectivity index (χ0v) is 39.6. The van der Waals surface area contributed by atoms with Crippen molar-refractivity contribution in [1.29, 1.82) is 0 Å². The molecule has 0 spiro atoms. The molecular formula is C48H61FN6O14. The second-order valence-electron chi connectivity index (χ2n) is 17.3. The number of esters is 1. The van der Waals surface area contributed by atoms with Crippen LogP contribution < -0.4 is 21.5 Å². The molecule has 69 heavy (non-hydrogen) atoms. The number of hydrogen-bond acceptors (Lipinski definition) is 15. The molecule has 3 atom stereocenters. The minimum atomic E-state index is -1.99. The summed E-state index contributed by atoms with van der Waals surface area (Å²) in [5, 5.41) is 19.9. The highest BCUT2D eigenvalue weighted by atomic mass is 19.1. The van der Waals surface area contributed by atoms with Crippen LogP contribution in [0.4, 0.5) is 4.39 Å². The molecule has 21 heteroatoms. The topological polar surface area (TPSA) is 252 Å². The molecule has 3 aliphatic heterocycles. The Morgan fingerprint density at radius 2 is 1.51 bits per heavy atom. The fourth-order valence-electron chi connectivity index (χ4n) is 8.20. The maximum Gasteiger partial charge on any atom is 0.343 e. The van der Waals surface area contributed by atoms with Gasteiger partial charge in [-0.3, -0.25) is 33.7 Å². The van der Waals surface area contributed by atoms with Gasteiger partial charge in [0, 0.05) is 54.5 Å². The van der Waals surface area contributed by atoms with Gasteiger partial charge in [0.2, 0.25) is 17.7 Å². The second kappa shape index (κ2) is 24.0. The zero-order valence-electron chi connectivity index (χ0n) is 39.6. The molecule has 5 amide bonds. The first-order valence-corrected chi connectivity index (χ1v) is 23.1. The van der Waals surface area contributed by atoms with Crippen molar-refractivity contribution in [2.45, 2.75) is 91.1 Å². The lowest BCUT2D eigenvalue weighted by Gasteiger charge is -2.31. The number of nitrogens with one attached hydrogen (secondary N) is 3.